The highest BCUT2D eigenvalue weighted by molar-refractivity contribution is 8.26. The first-order chi connectivity index (χ1) is 16.8. The minimum absolute atomic E-state index is 0.00199. The van der Waals surface area contributed by atoms with Gasteiger partial charge in [-0.05, 0) is 42.8 Å². The van der Waals surface area contributed by atoms with E-state index in [2.05, 4.69) is 5.32 Å². The highest BCUT2D eigenvalue weighted by atomic mass is 32.2. The second-order valence-electron chi connectivity index (χ2n) is 7.84. The summed E-state index contributed by atoms with van der Waals surface area (Å²) in [4.78, 5) is 40.5. The molecule has 1 N–H and O–H groups in total. The number of ether oxygens (including phenoxy) is 1. The van der Waals surface area contributed by atoms with Crippen LogP contribution in [0.2, 0.25) is 0 Å². The summed E-state index contributed by atoms with van der Waals surface area (Å²) in [6.07, 6.45) is 1.75. The van der Waals surface area contributed by atoms with E-state index in [-0.39, 0.29) is 36.0 Å². The van der Waals surface area contributed by atoms with Crippen molar-refractivity contribution >= 4 is 51.9 Å². The molecular weight excluding hydrogens is 484 g/mol. The Morgan fingerprint density at radius 2 is 1.89 bits per heavy atom. The molecule has 0 atom stereocenters. The molecule has 2 amide bonds. The Bertz CT molecular complexity index is 1390. The van der Waals surface area contributed by atoms with E-state index < -0.39 is 0 Å². The second-order valence-corrected chi connectivity index (χ2v) is 9.52. The fourth-order valence-corrected chi connectivity index (χ4v) is 5.01. The molecule has 1 aromatic heterocycles. The van der Waals surface area contributed by atoms with Gasteiger partial charge in [0.25, 0.3) is 11.5 Å². The number of amides is 2. The van der Waals surface area contributed by atoms with Gasteiger partial charge in [-0.15, -0.1) is 0 Å². The maximum atomic E-state index is 13.0. The molecule has 180 valence electrons. The Morgan fingerprint density at radius 1 is 1.14 bits per heavy atom. The zero-order chi connectivity index (χ0) is 25.1. The predicted octanol–water partition coefficient (Wildman–Crippen LogP) is 3.72. The summed E-state index contributed by atoms with van der Waals surface area (Å²) in [5.41, 5.74) is 2.03. The van der Waals surface area contributed by atoms with Gasteiger partial charge in [-0.1, -0.05) is 54.3 Å². The molecule has 2 heterocycles. The van der Waals surface area contributed by atoms with Crippen LogP contribution in [0.3, 0.4) is 0 Å². The van der Waals surface area contributed by atoms with Crippen molar-refractivity contribution in [2.75, 3.05) is 19.0 Å². The third-order valence-electron chi connectivity index (χ3n) is 5.65. The fraction of sp³-hybridized carbons (Fsp3) is 0.200. The Kier molecular flexibility index (Phi) is 7.23. The number of aromatic nitrogens is 2. The van der Waals surface area contributed by atoms with E-state index in [0.717, 1.165) is 5.56 Å². The molecule has 0 bridgehead atoms. The van der Waals surface area contributed by atoms with Gasteiger partial charge in [0.1, 0.15) is 15.8 Å². The summed E-state index contributed by atoms with van der Waals surface area (Å²) in [6, 6.07) is 16.5. The van der Waals surface area contributed by atoms with Crippen molar-refractivity contribution in [3.63, 3.8) is 0 Å². The van der Waals surface area contributed by atoms with Gasteiger partial charge < -0.3 is 10.1 Å². The van der Waals surface area contributed by atoms with Gasteiger partial charge in [0, 0.05) is 20.0 Å². The van der Waals surface area contributed by atoms with E-state index in [1.807, 2.05) is 54.6 Å². The summed E-state index contributed by atoms with van der Waals surface area (Å²) in [5.74, 6) is 0.0632. The van der Waals surface area contributed by atoms with Crippen LogP contribution in [-0.4, -0.2) is 44.1 Å². The van der Waals surface area contributed by atoms with Crippen LogP contribution in [0.4, 0.5) is 5.69 Å². The standard InChI is InChI=1S/C25H24N4O4S2/c1-16-22(24(32)29(27(16)2)18-9-5-4-6-10-18)26-21(30)12-13-28-23(31)20(35-25(28)34)15-17-8-7-11-19(14-17)33-3/h4-11,14-15H,12-13H2,1-3H3,(H,26,30)/b20-15+. The molecule has 10 heteroatoms. The molecule has 1 saturated heterocycles. The highest BCUT2D eigenvalue weighted by Crippen LogP contribution is 2.33. The number of hydrogen-bond acceptors (Lipinski definition) is 6. The number of rotatable bonds is 7. The summed E-state index contributed by atoms with van der Waals surface area (Å²) in [7, 11) is 3.34. The lowest BCUT2D eigenvalue weighted by atomic mass is 10.2. The number of benzene rings is 2. The van der Waals surface area contributed by atoms with Crippen molar-refractivity contribution in [1.82, 2.24) is 14.3 Å². The maximum absolute atomic E-state index is 13.0. The number of carbonyl (C=O) groups excluding carboxylic acids is 2. The average molecular weight is 509 g/mol. The molecule has 0 spiro atoms. The minimum Gasteiger partial charge on any atom is -0.497 e. The quantitative estimate of drug-likeness (QED) is 0.387. The Hall–Kier alpha value is -3.63. The van der Waals surface area contributed by atoms with Gasteiger partial charge in [-0.25, -0.2) is 4.68 Å². The Morgan fingerprint density at radius 3 is 2.60 bits per heavy atom. The van der Waals surface area contributed by atoms with E-state index in [1.54, 1.807) is 31.8 Å². The predicted molar refractivity (Wildman–Crippen MR) is 142 cm³/mol. The average Bonchev–Trinajstić information content (AvgIpc) is 3.24. The number of hydrogen-bond donors (Lipinski definition) is 1. The molecule has 8 nitrogen and oxygen atoms in total. The van der Waals surface area contributed by atoms with Gasteiger partial charge >= 0.3 is 0 Å². The summed E-state index contributed by atoms with van der Waals surface area (Å²) >= 11 is 6.56. The number of thioether (sulfide) groups is 1. The molecule has 0 saturated carbocycles. The number of anilines is 1. The van der Waals surface area contributed by atoms with Crippen molar-refractivity contribution in [2.45, 2.75) is 13.3 Å². The molecule has 1 aliphatic heterocycles. The Labute approximate surface area is 212 Å². The maximum Gasteiger partial charge on any atom is 0.295 e. The van der Waals surface area contributed by atoms with Crippen LogP contribution >= 0.6 is 24.0 Å². The summed E-state index contributed by atoms with van der Waals surface area (Å²) in [6.45, 7) is 1.88. The molecule has 1 fully saturated rings. The second kappa shape index (κ2) is 10.3. The molecule has 0 aliphatic carbocycles. The SMILES string of the molecule is COc1cccc(/C=C2/SC(=S)N(CCC(=O)Nc3c(C)n(C)n(-c4ccccc4)c3=O)C2=O)c1. The summed E-state index contributed by atoms with van der Waals surface area (Å²) in [5, 5.41) is 2.72. The van der Waals surface area contributed by atoms with Crippen LogP contribution in [0.1, 0.15) is 17.7 Å². The third-order valence-corrected chi connectivity index (χ3v) is 7.02. The molecule has 0 radical (unpaired) electrons. The van der Waals surface area contributed by atoms with E-state index in [4.69, 9.17) is 17.0 Å². The molecular formula is C25H24N4O4S2. The molecule has 3 aromatic rings. The first-order valence-electron chi connectivity index (χ1n) is 10.8. The normalized spacial score (nSPS) is 14.6. The van der Waals surface area contributed by atoms with Gasteiger partial charge in [0.15, 0.2) is 0 Å². The zero-order valence-electron chi connectivity index (χ0n) is 19.5. The van der Waals surface area contributed by atoms with Crippen molar-refractivity contribution in [1.29, 1.82) is 0 Å². The van der Waals surface area contributed by atoms with Crippen molar-refractivity contribution in [2.24, 2.45) is 7.05 Å². The molecule has 0 unspecified atom stereocenters. The van der Waals surface area contributed by atoms with E-state index in [9.17, 15) is 14.4 Å². The van der Waals surface area contributed by atoms with Gasteiger partial charge in [-0.3, -0.25) is 24.0 Å². The van der Waals surface area contributed by atoms with Crippen LogP contribution in [0.25, 0.3) is 11.8 Å². The molecule has 2 aromatic carbocycles. The van der Waals surface area contributed by atoms with Crippen molar-refractivity contribution in [3.05, 3.63) is 81.1 Å². The topological polar surface area (TPSA) is 85.6 Å². The summed E-state index contributed by atoms with van der Waals surface area (Å²) < 4.78 is 8.80. The lowest BCUT2D eigenvalue weighted by Crippen LogP contribution is -2.32. The van der Waals surface area contributed by atoms with E-state index in [1.165, 1.54) is 21.3 Å². The largest absolute Gasteiger partial charge is 0.497 e. The number of thiocarbonyl (C=S) groups is 1. The van der Waals surface area contributed by atoms with Crippen LogP contribution in [-0.2, 0) is 16.6 Å². The molecule has 1 aliphatic rings. The highest BCUT2D eigenvalue weighted by Gasteiger charge is 2.32. The number of carbonyl (C=O) groups is 2. The lowest BCUT2D eigenvalue weighted by Gasteiger charge is -2.13. The van der Waals surface area contributed by atoms with Gasteiger partial charge in [-0.2, -0.15) is 0 Å². The Balaban J connectivity index is 1.44. The van der Waals surface area contributed by atoms with Crippen LogP contribution < -0.4 is 15.6 Å². The number of methoxy groups -OCH3 is 1. The lowest BCUT2D eigenvalue weighted by molar-refractivity contribution is -0.122. The van der Waals surface area contributed by atoms with Crippen LogP contribution in [0, 0.1) is 6.92 Å². The van der Waals surface area contributed by atoms with Crippen molar-refractivity contribution in [3.8, 4) is 11.4 Å². The van der Waals surface area contributed by atoms with E-state index in [0.29, 0.717) is 26.4 Å². The van der Waals surface area contributed by atoms with Crippen molar-refractivity contribution < 1.29 is 14.3 Å². The number of para-hydroxylation sites is 1. The first-order valence-corrected chi connectivity index (χ1v) is 12.1. The van der Waals surface area contributed by atoms with E-state index >= 15 is 0 Å². The number of nitrogens with one attached hydrogen (secondary N) is 1. The van der Waals surface area contributed by atoms with Gasteiger partial charge in [0.2, 0.25) is 5.91 Å². The van der Waals surface area contributed by atoms with Crippen LogP contribution in [0.15, 0.2) is 64.3 Å². The minimum atomic E-state index is -0.373. The first kappa shape index (κ1) is 24.5. The third kappa shape index (κ3) is 5.08. The van der Waals surface area contributed by atoms with Gasteiger partial charge in [0.05, 0.1) is 23.4 Å². The fourth-order valence-electron chi connectivity index (χ4n) is 3.70. The van der Waals surface area contributed by atoms with Crippen LogP contribution in [0.5, 0.6) is 5.75 Å². The number of nitrogens with zero attached hydrogens (tertiary/aromatic N) is 3. The molecule has 35 heavy (non-hydrogen) atoms. The smallest absolute Gasteiger partial charge is 0.295 e. The monoisotopic (exact) mass is 508 g/mol. The zero-order valence-corrected chi connectivity index (χ0v) is 21.1. The molecule has 4 rings (SSSR count).